The zero-order valence-corrected chi connectivity index (χ0v) is 15.7. The molecule has 1 aliphatic carbocycles. The summed E-state index contributed by atoms with van der Waals surface area (Å²) in [7, 11) is 0. The Kier molecular flexibility index (Phi) is 5.62. The minimum atomic E-state index is -0.302. The van der Waals surface area contributed by atoms with E-state index in [0.717, 1.165) is 44.0 Å². The number of para-hydroxylation sites is 1. The smallest absolute Gasteiger partial charge is 0.224 e. The number of fused-ring (bicyclic) bond motifs is 1. The van der Waals surface area contributed by atoms with Crippen LogP contribution in [0.25, 0.3) is 11.2 Å². The van der Waals surface area contributed by atoms with E-state index in [4.69, 9.17) is 4.98 Å². The maximum Gasteiger partial charge on any atom is 0.224 e. The molecular formula is C21H28FN7. The van der Waals surface area contributed by atoms with Crippen LogP contribution in [0.3, 0.4) is 0 Å². The lowest BCUT2D eigenvalue weighted by atomic mass is 10.1. The van der Waals surface area contributed by atoms with Gasteiger partial charge in [-0.3, -0.25) is 4.57 Å². The van der Waals surface area contributed by atoms with Crippen LogP contribution in [-0.4, -0.2) is 39.2 Å². The lowest BCUT2D eigenvalue weighted by molar-refractivity contribution is 0.376. The first kappa shape index (κ1) is 19.6. The van der Waals surface area contributed by atoms with Crippen molar-refractivity contribution in [2.45, 2.75) is 39.2 Å². The minimum Gasteiger partial charge on any atom is -0.354 e. The Morgan fingerprint density at radius 1 is 1.10 bits per heavy atom. The van der Waals surface area contributed by atoms with E-state index < -0.39 is 0 Å². The van der Waals surface area contributed by atoms with Gasteiger partial charge in [-0.05, 0) is 56.8 Å². The van der Waals surface area contributed by atoms with Crippen molar-refractivity contribution in [3.05, 3.63) is 36.3 Å². The van der Waals surface area contributed by atoms with Gasteiger partial charge in [-0.15, -0.1) is 0 Å². The fraction of sp³-hybridized carbons (Fsp3) is 0.476. The van der Waals surface area contributed by atoms with Crippen molar-refractivity contribution in [2.24, 2.45) is 5.92 Å². The van der Waals surface area contributed by atoms with E-state index in [0.29, 0.717) is 23.1 Å². The summed E-state index contributed by atoms with van der Waals surface area (Å²) in [4.78, 5) is 13.9. The van der Waals surface area contributed by atoms with Crippen LogP contribution in [0.2, 0.25) is 0 Å². The molecule has 1 saturated heterocycles. The number of nitrogens with one attached hydrogen (secondary N) is 3. The molecule has 29 heavy (non-hydrogen) atoms. The molecule has 0 amide bonds. The van der Waals surface area contributed by atoms with Crippen LogP contribution in [0.1, 0.15) is 39.2 Å². The summed E-state index contributed by atoms with van der Waals surface area (Å²) in [6.07, 6.45) is 6.26. The molecule has 0 bridgehead atoms. The SMILES string of the molecule is C.Fc1ccccc1Nc1nc2cnc(NCC3CC3)nc2n1C1CCNCC1. The van der Waals surface area contributed by atoms with Crippen LogP contribution in [-0.2, 0) is 0 Å². The summed E-state index contributed by atoms with van der Waals surface area (Å²) in [5, 5.41) is 9.91. The molecule has 5 rings (SSSR count). The molecule has 1 saturated carbocycles. The van der Waals surface area contributed by atoms with E-state index in [1.54, 1.807) is 18.3 Å². The van der Waals surface area contributed by atoms with Gasteiger partial charge in [-0.25, -0.2) is 14.4 Å². The van der Waals surface area contributed by atoms with E-state index in [2.05, 4.69) is 30.5 Å². The molecule has 2 aromatic heterocycles. The molecule has 3 aromatic rings. The van der Waals surface area contributed by atoms with Gasteiger partial charge in [0.15, 0.2) is 5.65 Å². The molecule has 2 aliphatic rings. The number of rotatable bonds is 6. The van der Waals surface area contributed by atoms with Crippen molar-refractivity contribution in [3.8, 4) is 0 Å². The number of imidazole rings is 1. The summed E-state index contributed by atoms with van der Waals surface area (Å²) in [6, 6.07) is 6.91. The number of aromatic nitrogens is 4. The average molecular weight is 398 g/mol. The Bertz CT molecular complexity index is 976. The second-order valence-corrected chi connectivity index (χ2v) is 7.62. The Morgan fingerprint density at radius 3 is 2.66 bits per heavy atom. The second kappa shape index (κ2) is 8.32. The van der Waals surface area contributed by atoms with Gasteiger partial charge in [-0.1, -0.05) is 19.6 Å². The Hall–Kier alpha value is -2.74. The first-order valence-corrected chi connectivity index (χ1v) is 9.99. The predicted octanol–water partition coefficient (Wildman–Crippen LogP) is 4.09. The predicted molar refractivity (Wildman–Crippen MR) is 114 cm³/mol. The van der Waals surface area contributed by atoms with E-state index in [9.17, 15) is 4.39 Å². The van der Waals surface area contributed by atoms with Crippen LogP contribution in [0.15, 0.2) is 30.5 Å². The van der Waals surface area contributed by atoms with Crippen LogP contribution >= 0.6 is 0 Å². The van der Waals surface area contributed by atoms with Crippen molar-refractivity contribution in [1.82, 2.24) is 24.8 Å². The van der Waals surface area contributed by atoms with Gasteiger partial charge in [0.05, 0.1) is 11.9 Å². The van der Waals surface area contributed by atoms with Crippen molar-refractivity contribution in [2.75, 3.05) is 30.3 Å². The fourth-order valence-corrected chi connectivity index (χ4v) is 3.72. The molecule has 7 nitrogen and oxygen atoms in total. The van der Waals surface area contributed by atoms with E-state index >= 15 is 0 Å². The molecule has 1 aliphatic heterocycles. The highest BCUT2D eigenvalue weighted by Crippen LogP contribution is 2.32. The summed E-state index contributed by atoms with van der Waals surface area (Å²) in [5.41, 5.74) is 1.92. The highest BCUT2D eigenvalue weighted by molar-refractivity contribution is 5.76. The van der Waals surface area contributed by atoms with Crippen molar-refractivity contribution < 1.29 is 4.39 Å². The number of halogens is 1. The van der Waals surface area contributed by atoms with Gasteiger partial charge < -0.3 is 16.0 Å². The number of hydrogen-bond donors (Lipinski definition) is 3. The van der Waals surface area contributed by atoms with Gasteiger partial charge in [0.25, 0.3) is 0 Å². The van der Waals surface area contributed by atoms with Gasteiger partial charge in [0.2, 0.25) is 11.9 Å². The maximum absolute atomic E-state index is 14.2. The number of anilines is 3. The van der Waals surface area contributed by atoms with Crippen LogP contribution in [0.4, 0.5) is 22.0 Å². The van der Waals surface area contributed by atoms with E-state index in [1.165, 1.54) is 18.9 Å². The largest absolute Gasteiger partial charge is 0.354 e. The minimum absolute atomic E-state index is 0. The van der Waals surface area contributed by atoms with Gasteiger partial charge in [0, 0.05) is 12.6 Å². The van der Waals surface area contributed by atoms with Crippen molar-refractivity contribution in [1.29, 1.82) is 0 Å². The van der Waals surface area contributed by atoms with Gasteiger partial charge >= 0.3 is 0 Å². The Balaban J connectivity index is 0.00000205. The summed E-state index contributed by atoms with van der Waals surface area (Å²) in [5.74, 6) is 1.68. The zero-order chi connectivity index (χ0) is 18.9. The molecule has 0 atom stereocenters. The average Bonchev–Trinajstić information content (AvgIpc) is 3.49. The number of hydrogen-bond acceptors (Lipinski definition) is 6. The standard InChI is InChI=1S/C20H24FN7.CH4/c21-15-3-1-2-4-16(15)25-20-26-17-12-24-19(23-11-13-5-6-13)27-18(17)28(20)14-7-9-22-10-8-14;/h1-4,12-14,22H,5-11H2,(H,25,26)(H,23,24,27);1H4. The molecule has 0 radical (unpaired) electrons. The molecule has 0 unspecified atom stereocenters. The molecule has 3 heterocycles. The van der Waals surface area contributed by atoms with Crippen LogP contribution in [0, 0.1) is 11.7 Å². The molecule has 1 aromatic carbocycles. The van der Waals surface area contributed by atoms with Crippen molar-refractivity contribution >= 4 is 28.7 Å². The number of benzene rings is 1. The molecule has 3 N–H and O–H groups in total. The quantitative estimate of drug-likeness (QED) is 0.581. The summed E-state index contributed by atoms with van der Waals surface area (Å²) >= 11 is 0. The highest BCUT2D eigenvalue weighted by Gasteiger charge is 2.24. The third-order valence-corrected chi connectivity index (χ3v) is 5.47. The molecule has 154 valence electrons. The van der Waals surface area contributed by atoms with Crippen molar-refractivity contribution in [3.63, 3.8) is 0 Å². The molecular weight excluding hydrogens is 369 g/mol. The Labute approximate surface area is 170 Å². The molecule has 8 heteroatoms. The monoisotopic (exact) mass is 397 g/mol. The lowest BCUT2D eigenvalue weighted by Gasteiger charge is -2.26. The van der Waals surface area contributed by atoms with Crippen LogP contribution in [0.5, 0.6) is 0 Å². The molecule has 2 fully saturated rings. The van der Waals surface area contributed by atoms with E-state index in [-0.39, 0.29) is 19.3 Å². The first-order chi connectivity index (χ1) is 13.8. The topological polar surface area (TPSA) is 79.7 Å². The van der Waals surface area contributed by atoms with Gasteiger partial charge in [-0.2, -0.15) is 4.98 Å². The maximum atomic E-state index is 14.2. The normalized spacial score (nSPS) is 17.1. The second-order valence-electron chi connectivity index (χ2n) is 7.62. The summed E-state index contributed by atoms with van der Waals surface area (Å²) in [6.45, 7) is 2.80. The van der Waals surface area contributed by atoms with E-state index in [1.807, 2.05) is 6.07 Å². The van der Waals surface area contributed by atoms with Crippen LogP contribution < -0.4 is 16.0 Å². The number of nitrogens with zero attached hydrogens (tertiary/aromatic N) is 4. The zero-order valence-electron chi connectivity index (χ0n) is 15.7. The summed E-state index contributed by atoms with van der Waals surface area (Å²) < 4.78 is 16.3. The lowest BCUT2D eigenvalue weighted by Crippen LogP contribution is -2.30. The first-order valence-electron chi connectivity index (χ1n) is 9.99. The third kappa shape index (κ3) is 4.17. The molecule has 0 spiro atoms. The fourth-order valence-electron chi connectivity index (χ4n) is 3.72. The third-order valence-electron chi connectivity index (χ3n) is 5.47. The van der Waals surface area contributed by atoms with Gasteiger partial charge in [0.1, 0.15) is 11.3 Å². The Morgan fingerprint density at radius 2 is 1.90 bits per heavy atom. The highest BCUT2D eigenvalue weighted by atomic mass is 19.1. The number of piperidine rings is 1.